The van der Waals surface area contributed by atoms with E-state index < -0.39 is 0 Å². The number of ether oxygens (including phenoxy) is 1. The van der Waals surface area contributed by atoms with Crippen LogP contribution in [0.4, 0.5) is 0 Å². The lowest BCUT2D eigenvalue weighted by Gasteiger charge is -2.52. The largest absolute Gasteiger partial charge is 0.378 e. The second-order valence-electron chi connectivity index (χ2n) is 5.06. The minimum Gasteiger partial charge on any atom is -0.378 e. The van der Waals surface area contributed by atoms with E-state index in [0.29, 0.717) is 0 Å². The van der Waals surface area contributed by atoms with Gasteiger partial charge < -0.3 is 10.1 Å². The summed E-state index contributed by atoms with van der Waals surface area (Å²) < 4.78 is 5.61. The summed E-state index contributed by atoms with van der Waals surface area (Å²) in [7, 11) is 1.99. The first-order valence-corrected chi connectivity index (χ1v) is 4.90. The summed E-state index contributed by atoms with van der Waals surface area (Å²) in [5.74, 6) is 0. The van der Waals surface area contributed by atoms with Crippen LogP contribution in [-0.2, 0) is 4.74 Å². The quantitative estimate of drug-likeness (QED) is 0.697. The van der Waals surface area contributed by atoms with Gasteiger partial charge in [-0.1, -0.05) is 0 Å². The van der Waals surface area contributed by atoms with Gasteiger partial charge in [0.25, 0.3) is 0 Å². The van der Waals surface area contributed by atoms with Crippen molar-refractivity contribution in [1.82, 2.24) is 10.2 Å². The molecule has 0 radical (unpaired) electrons. The Bertz CT molecular complexity index is 162. The normalized spacial score (nSPS) is 27.5. The maximum Gasteiger partial charge on any atom is 0.0646 e. The summed E-state index contributed by atoms with van der Waals surface area (Å²) in [6.07, 6.45) is 0. The van der Waals surface area contributed by atoms with Gasteiger partial charge in [0.1, 0.15) is 0 Å². The zero-order valence-electron chi connectivity index (χ0n) is 9.48. The highest BCUT2D eigenvalue weighted by atomic mass is 16.5. The molecule has 0 unspecified atom stereocenters. The second kappa shape index (κ2) is 3.56. The summed E-state index contributed by atoms with van der Waals surface area (Å²) in [5, 5.41) is 3.22. The second-order valence-corrected chi connectivity index (χ2v) is 5.06. The predicted octanol–water partition coefficient (Wildman–Crippen LogP) is 1.05. The van der Waals surface area contributed by atoms with E-state index >= 15 is 0 Å². The van der Waals surface area contributed by atoms with Crippen molar-refractivity contribution >= 4 is 0 Å². The number of hydrogen-bond acceptors (Lipinski definition) is 3. The first-order valence-electron chi connectivity index (χ1n) is 4.90. The Morgan fingerprint density at radius 3 is 2.00 bits per heavy atom. The van der Waals surface area contributed by atoms with Gasteiger partial charge in [0, 0.05) is 17.7 Å². The molecule has 1 rings (SSSR count). The average molecular weight is 186 g/mol. The molecule has 1 aliphatic rings. The first kappa shape index (κ1) is 11.0. The number of morpholine rings is 1. The van der Waals surface area contributed by atoms with Gasteiger partial charge in [-0.05, 0) is 34.7 Å². The lowest BCUT2D eigenvalue weighted by Crippen LogP contribution is -2.65. The van der Waals surface area contributed by atoms with Crippen LogP contribution in [0.1, 0.15) is 27.7 Å². The lowest BCUT2D eigenvalue weighted by atomic mass is 9.92. The number of nitrogens with zero attached hydrogens (tertiary/aromatic N) is 1. The highest BCUT2D eigenvalue weighted by Crippen LogP contribution is 2.29. The van der Waals surface area contributed by atoms with Crippen LogP contribution in [0.15, 0.2) is 0 Å². The van der Waals surface area contributed by atoms with E-state index in [9.17, 15) is 0 Å². The molecule has 0 bridgehead atoms. The van der Waals surface area contributed by atoms with E-state index in [1.54, 1.807) is 0 Å². The van der Waals surface area contributed by atoms with E-state index in [0.717, 1.165) is 19.9 Å². The van der Waals surface area contributed by atoms with E-state index in [2.05, 4.69) is 37.9 Å². The van der Waals surface area contributed by atoms with Crippen LogP contribution in [0.3, 0.4) is 0 Å². The third kappa shape index (κ3) is 2.22. The van der Waals surface area contributed by atoms with Crippen LogP contribution < -0.4 is 5.32 Å². The molecule has 1 N–H and O–H groups in total. The van der Waals surface area contributed by atoms with Crippen molar-refractivity contribution in [3.8, 4) is 0 Å². The molecule has 1 aliphatic heterocycles. The molecule has 1 heterocycles. The summed E-state index contributed by atoms with van der Waals surface area (Å²) >= 11 is 0. The smallest absolute Gasteiger partial charge is 0.0646 e. The van der Waals surface area contributed by atoms with E-state index in [1.165, 1.54) is 0 Å². The Kier molecular flexibility index (Phi) is 3.00. The van der Waals surface area contributed by atoms with Crippen LogP contribution >= 0.6 is 0 Å². The SMILES string of the molecule is CNCN1C(C)(C)COCC1(C)C. The van der Waals surface area contributed by atoms with Gasteiger partial charge in [-0.2, -0.15) is 0 Å². The minimum absolute atomic E-state index is 0.130. The maximum atomic E-state index is 5.61. The van der Waals surface area contributed by atoms with Crippen molar-refractivity contribution in [3.63, 3.8) is 0 Å². The minimum atomic E-state index is 0.130. The van der Waals surface area contributed by atoms with Crippen LogP contribution in [0.5, 0.6) is 0 Å². The summed E-state index contributed by atoms with van der Waals surface area (Å²) in [6.45, 7) is 11.5. The molecule has 1 fully saturated rings. The predicted molar refractivity (Wildman–Crippen MR) is 54.7 cm³/mol. The molecule has 13 heavy (non-hydrogen) atoms. The molecule has 0 aromatic heterocycles. The van der Waals surface area contributed by atoms with E-state index in [4.69, 9.17) is 4.74 Å². The van der Waals surface area contributed by atoms with Crippen molar-refractivity contribution in [2.24, 2.45) is 0 Å². The molecule has 0 spiro atoms. The molecule has 0 atom stereocenters. The molecule has 3 nitrogen and oxygen atoms in total. The fraction of sp³-hybridized carbons (Fsp3) is 1.00. The Balaban J connectivity index is 2.78. The third-order valence-corrected chi connectivity index (χ3v) is 2.69. The fourth-order valence-electron chi connectivity index (χ4n) is 2.11. The van der Waals surface area contributed by atoms with Gasteiger partial charge in [0.05, 0.1) is 13.2 Å². The molecule has 78 valence electrons. The molecule has 0 saturated carbocycles. The van der Waals surface area contributed by atoms with Crippen molar-refractivity contribution in [2.45, 2.75) is 38.8 Å². The van der Waals surface area contributed by atoms with Crippen molar-refractivity contribution in [2.75, 3.05) is 26.9 Å². The zero-order valence-corrected chi connectivity index (χ0v) is 9.48. The lowest BCUT2D eigenvalue weighted by molar-refractivity contribution is -0.129. The van der Waals surface area contributed by atoms with Gasteiger partial charge in [-0.25, -0.2) is 0 Å². The van der Waals surface area contributed by atoms with Crippen molar-refractivity contribution in [3.05, 3.63) is 0 Å². The topological polar surface area (TPSA) is 24.5 Å². The van der Waals surface area contributed by atoms with Crippen molar-refractivity contribution < 1.29 is 4.74 Å². The Labute approximate surface area is 81.4 Å². The van der Waals surface area contributed by atoms with Gasteiger partial charge in [0.15, 0.2) is 0 Å². The molecule has 3 heteroatoms. The summed E-state index contributed by atoms with van der Waals surface area (Å²) in [6, 6.07) is 0. The number of hydrogen-bond donors (Lipinski definition) is 1. The fourth-order valence-corrected chi connectivity index (χ4v) is 2.11. The molecular weight excluding hydrogens is 164 g/mol. The van der Waals surface area contributed by atoms with Gasteiger partial charge >= 0.3 is 0 Å². The molecule has 0 amide bonds. The van der Waals surface area contributed by atoms with E-state index in [-0.39, 0.29) is 11.1 Å². The van der Waals surface area contributed by atoms with Crippen LogP contribution in [0.25, 0.3) is 0 Å². The zero-order chi connectivity index (χ0) is 10.1. The Morgan fingerprint density at radius 1 is 1.15 bits per heavy atom. The molecule has 0 aromatic rings. The monoisotopic (exact) mass is 186 g/mol. The van der Waals surface area contributed by atoms with Crippen LogP contribution in [0, 0.1) is 0 Å². The van der Waals surface area contributed by atoms with Crippen LogP contribution in [-0.4, -0.2) is 42.9 Å². The first-order chi connectivity index (χ1) is 5.90. The number of rotatable bonds is 2. The Morgan fingerprint density at radius 2 is 1.62 bits per heavy atom. The van der Waals surface area contributed by atoms with Gasteiger partial charge in [-0.3, -0.25) is 4.90 Å². The molecule has 0 aliphatic carbocycles. The highest BCUT2D eigenvalue weighted by Gasteiger charge is 2.41. The molecule has 0 aromatic carbocycles. The highest BCUT2D eigenvalue weighted by molar-refractivity contribution is 4.95. The average Bonchev–Trinajstić information content (AvgIpc) is 1.96. The third-order valence-electron chi connectivity index (χ3n) is 2.69. The van der Waals surface area contributed by atoms with E-state index in [1.807, 2.05) is 7.05 Å². The Hall–Kier alpha value is -0.120. The number of nitrogens with one attached hydrogen (secondary N) is 1. The maximum absolute atomic E-state index is 5.61. The van der Waals surface area contributed by atoms with Crippen molar-refractivity contribution in [1.29, 1.82) is 0 Å². The molecular formula is C10H22N2O. The molecule has 1 saturated heterocycles. The summed E-state index contributed by atoms with van der Waals surface area (Å²) in [4.78, 5) is 2.46. The van der Waals surface area contributed by atoms with Crippen LogP contribution in [0.2, 0.25) is 0 Å². The van der Waals surface area contributed by atoms with Gasteiger partial charge in [-0.15, -0.1) is 0 Å². The standard InChI is InChI=1S/C10H22N2O/c1-9(2)6-13-7-10(3,4)12(9)8-11-5/h11H,6-8H2,1-5H3. The summed E-state index contributed by atoms with van der Waals surface area (Å²) in [5.41, 5.74) is 0.259. The van der Waals surface area contributed by atoms with Gasteiger partial charge in [0.2, 0.25) is 0 Å².